The summed E-state index contributed by atoms with van der Waals surface area (Å²) in [6, 6.07) is 8.95. The molecular formula is C12H13N3O2S. The van der Waals surface area contributed by atoms with E-state index in [0.29, 0.717) is 5.69 Å². The van der Waals surface area contributed by atoms with Crippen LogP contribution in [0.15, 0.2) is 36.5 Å². The largest absolute Gasteiger partial charge is 0.368 e. The van der Waals surface area contributed by atoms with Gasteiger partial charge in [-0.15, -0.1) is 0 Å². The number of anilines is 1. The van der Waals surface area contributed by atoms with E-state index in [1.807, 2.05) is 6.07 Å². The Balaban J connectivity index is 2.38. The van der Waals surface area contributed by atoms with Crippen molar-refractivity contribution in [3.8, 4) is 11.3 Å². The second-order valence-corrected chi connectivity index (χ2v) is 6.21. The number of nitrogen functional groups attached to an aromatic ring is 1. The Kier molecular flexibility index (Phi) is 3.29. The van der Waals surface area contributed by atoms with Crippen LogP contribution in [0.4, 0.5) is 5.95 Å². The summed E-state index contributed by atoms with van der Waals surface area (Å²) >= 11 is 0. The van der Waals surface area contributed by atoms with Crippen LogP contribution in [0.3, 0.4) is 0 Å². The molecule has 5 nitrogen and oxygen atoms in total. The van der Waals surface area contributed by atoms with E-state index in [2.05, 4.69) is 9.97 Å². The molecule has 94 valence electrons. The molecule has 1 aromatic carbocycles. The first kappa shape index (κ1) is 12.5. The summed E-state index contributed by atoms with van der Waals surface area (Å²) in [6.07, 6.45) is 2.78. The van der Waals surface area contributed by atoms with Crippen molar-refractivity contribution in [2.45, 2.75) is 5.75 Å². The lowest BCUT2D eigenvalue weighted by molar-refractivity contribution is 0.601. The Morgan fingerprint density at radius 2 is 2.06 bits per heavy atom. The van der Waals surface area contributed by atoms with E-state index in [0.717, 1.165) is 11.1 Å². The van der Waals surface area contributed by atoms with Gasteiger partial charge in [0.15, 0.2) is 9.84 Å². The molecule has 6 heteroatoms. The molecule has 0 saturated carbocycles. The SMILES string of the molecule is CS(=O)(=O)Cc1cccc(-c2ccnc(N)n2)c1. The van der Waals surface area contributed by atoms with Crippen LogP contribution < -0.4 is 5.73 Å². The van der Waals surface area contributed by atoms with Crippen molar-refractivity contribution in [3.05, 3.63) is 42.1 Å². The Hall–Kier alpha value is -1.95. The molecule has 0 spiro atoms. The quantitative estimate of drug-likeness (QED) is 0.901. The summed E-state index contributed by atoms with van der Waals surface area (Å²) in [5.74, 6) is 0.211. The lowest BCUT2D eigenvalue weighted by atomic mass is 10.1. The molecule has 0 saturated heterocycles. The molecule has 0 aliphatic carbocycles. The van der Waals surface area contributed by atoms with Gasteiger partial charge in [0.05, 0.1) is 11.4 Å². The molecule has 0 atom stereocenters. The normalized spacial score (nSPS) is 11.4. The Morgan fingerprint density at radius 1 is 1.28 bits per heavy atom. The highest BCUT2D eigenvalue weighted by atomic mass is 32.2. The standard InChI is InChI=1S/C12H13N3O2S/c1-18(16,17)8-9-3-2-4-10(7-9)11-5-6-14-12(13)15-11/h2-7H,8H2,1H3,(H2,13,14,15). The second-order valence-electron chi connectivity index (χ2n) is 4.07. The van der Waals surface area contributed by atoms with E-state index < -0.39 is 9.84 Å². The molecule has 2 rings (SSSR count). The summed E-state index contributed by atoms with van der Waals surface area (Å²) in [7, 11) is -3.04. The van der Waals surface area contributed by atoms with E-state index in [1.165, 1.54) is 6.26 Å². The second kappa shape index (κ2) is 4.73. The molecule has 1 aromatic heterocycles. The topological polar surface area (TPSA) is 85.9 Å². The average molecular weight is 263 g/mol. The minimum atomic E-state index is -3.04. The summed E-state index contributed by atoms with van der Waals surface area (Å²) in [4.78, 5) is 7.92. The molecule has 1 heterocycles. The highest BCUT2D eigenvalue weighted by Gasteiger charge is 2.06. The maximum Gasteiger partial charge on any atom is 0.220 e. The van der Waals surface area contributed by atoms with Crippen LogP contribution in [-0.4, -0.2) is 24.6 Å². The molecule has 0 fully saturated rings. The fourth-order valence-corrected chi connectivity index (χ4v) is 2.44. The predicted octanol–water partition coefficient (Wildman–Crippen LogP) is 1.27. The van der Waals surface area contributed by atoms with E-state index in [4.69, 9.17) is 5.73 Å². The summed E-state index contributed by atoms with van der Waals surface area (Å²) in [6.45, 7) is 0. The van der Waals surface area contributed by atoms with Crippen molar-refractivity contribution in [1.82, 2.24) is 9.97 Å². The Labute approximate surface area is 106 Å². The van der Waals surface area contributed by atoms with Gasteiger partial charge in [-0.05, 0) is 17.7 Å². The van der Waals surface area contributed by atoms with Crippen molar-refractivity contribution < 1.29 is 8.42 Å². The van der Waals surface area contributed by atoms with Gasteiger partial charge in [-0.25, -0.2) is 18.4 Å². The third kappa shape index (κ3) is 3.27. The average Bonchev–Trinajstić information content (AvgIpc) is 2.27. The van der Waals surface area contributed by atoms with Crippen LogP contribution in [0, 0.1) is 0 Å². The van der Waals surface area contributed by atoms with E-state index >= 15 is 0 Å². The maximum atomic E-state index is 11.3. The van der Waals surface area contributed by atoms with Crippen molar-refractivity contribution in [3.63, 3.8) is 0 Å². The molecule has 0 radical (unpaired) electrons. The monoisotopic (exact) mass is 263 g/mol. The minimum Gasteiger partial charge on any atom is -0.368 e. The zero-order chi connectivity index (χ0) is 13.2. The Morgan fingerprint density at radius 3 is 2.72 bits per heavy atom. The molecule has 0 aliphatic heterocycles. The molecule has 0 bridgehead atoms. The number of hydrogen-bond donors (Lipinski definition) is 1. The molecule has 0 aliphatic rings. The van der Waals surface area contributed by atoms with Crippen LogP contribution >= 0.6 is 0 Å². The first-order valence-corrected chi connectivity index (χ1v) is 7.36. The highest BCUT2D eigenvalue weighted by Crippen LogP contribution is 2.19. The van der Waals surface area contributed by atoms with Crippen molar-refractivity contribution in [1.29, 1.82) is 0 Å². The van der Waals surface area contributed by atoms with Crippen LogP contribution in [-0.2, 0) is 15.6 Å². The molecular weight excluding hydrogens is 250 g/mol. The van der Waals surface area contributed by atoms with Gasteiger partial charge in [-0.1, -0.05) is 18.2 Å². The fraction of sp³-hybridized carbons (Fsp3) is 0.167. The van der Waals surface area contributed by atoms with Gasteiger partial charge in [0, 0.05) is 18.0 Å². The van der Waals surface area contributed by atoms with E-state index in [-0.39, 0.29) is 11.7 Å². The number of nitrogens with zero attached hydrogens (tertiary/aromatic N) is 2. The first-order valence-electron chi connectivity index (χ1n) is 5.29. The van der Waals surface area contributed by atoms with Gasteiger partial charge in [-0.2, -0.15) is 0 Å². The van der Waals surface area contributed by atoms with Gasteiger partial charge in [-0.3, -0.25) is 0 Å². The van der Waals surface area contributed by atoms with E-state index in [9.17, 15) is 8.42 Å². The van der Waals surface area contributed by atoms with Crippen LogP contribution in [0.5, 0.6) is 0 Å². The maximum absolute atomic E-state index is 11.3. The molecule has 2 N–H and O–H groups in total. The smallest absolute Gasteiger partial charge is 0.220 e. The molecule has 18 heavy (non-hydrogen) atoms. The number of hydrogen-bond acceptors (Lipinski definition) is 5. The molecule has 2 aromatic rings. The first-order chi connectivity index (χ1) is 8.44. The fourth-order valence-electron chi connectivity index (χ4n) is 1.66. The van der Waals surface area contributed by atoms with Crippen molar-refractivity contribution in [2.75, 3.05) is 12.0 Å². The Bertz CT molecular complexity index is 669. The minimum absolute atomic E-state index is 0.0153. The number of sulfone groups is 1. The zero-order valence-electron chi connectivity index (χ0n) is 9.87. The van der Waals surface area contributed by atoms with Gasteiger partial charge in [0.25, 0.3) is 0 Å². The number of benzene rings is 1. The summed E-state index contributed by atoms with van der Waals surface area (Å²) in [5, 5.41) is 0. The molecule has 0 unspecified atom stereocenters. The van der Waals surface area contributed by atoms with Gasteiger partial charge in [0.2, 0.25) is 5.95 Å². The van der Waals surface area contributed by atoms with Crippen LogP contribution in [0.25, 0.3) is 11.3 Å². The van der Waals surface area contributed by atoms with E-state index in [1.54, 1.807) is 30.5 Å². The molecule has 0 amide bonds. The van der Waals surface area contributed by atoms with Gasteiger partial charge < -0.3 is 5.73 Å². The third-order valence-corrected chi connectivity index (χ3v) is 3.18. The van der Waals surface area contributed by atoms with Crippen molar-refractivity contribution >= 4 is 15.8 Å². The lowest BCUT2D eigenvalue weighted by Gasteiger charge is -2.04. The third-order valence-electron chi connectivity index (χ3n) is 2.33. The predicted molar refractivity (Wildman–Crippen MR) is 70.4 cm³/mol. The summed E-state index contributed by atoms with van der Waals surface area (Å²) in [5.41, 5.74) is 7.75. The number of nitrogens with two attached hydrogens (primary N) is 1. The van der Waals surface area contributed by atoms with Gasteiger partial charge >= 0.3 is 0 Å². The van der Waals surface area contributed by atoms with Gasteiger partial charge in [0.1, 0.15) is 0 Å². The van der Waals surface area contributed by atoms with Crippen LogP contribution in [0.2, 0.25) is 0 Å². The summed E-state index contributed by atoms with van der Waals surface area (Å²) < 4.78 is 22.5. The number of aromatic nitrogens is 2. The van der Waals surface area contributed by atoms with Crippen molar-refractivity contribution in [2.24, 2.45) is 0 Å². The number of rotatable bonds is 3. The highest BCUT2D eigenvalue weighted by molar-refractivity contribution is 7.89. The lowest BCUT2D eigenvalue weighted by Crippen LogP contribution is -2.01. The van der Waals surface area contributed by atoms with Crippen LogP contribution in [0.1, 0.15) is 5.56 Å². The zero-order valence-corrected chi connectivity index (χ0v) is 10.7.